The van der Waals surface area contributed by atoms with Gasteiger partial charge in [0.2, 0.25) is 0 Å². The SMILES string of the molecule is CCc1nc(NC)c(C)c(NCCCCN(C)C(C)C)n1. The Balaban J connectivity index is 2.48. The Morgan fingerprint density at radius 1 is 1.14 bits per heavy atom. The monoisotopic (exact) mass is 293 g/mol. The van der Waals surface area contributed by atoms with E-state index in [1.54, 1.807) is 0 Å². The Hall–Kier alpha value is -1.36. The lowest BCUT2D eigenvalue weighted by molar-refractivity contribution is 0.269. The number of anilines is 2. The molecular weight excluding hydrogens is 262 g/mol. The number of hydrogen-bond donors (Lipinski definition) is 2. The van der Waals surface area contributed by atoms with Crippen molar-refractivity contribution in [3.63, 3.8) is 0 Å². The van der Waals surface area contributed by atoms with Crippen LogP contribution in [0.5, 0.6) is 0 Å². The summed E-state index contributed by atoms with van der Waals surface area (Å²) >= 11 is 0. The highest BCUT2D eigenvalue weighted by Crippen LogP contribution is 2.19. The fourth-order valence-electron chi connectivity index (χ4n) is 2.09. The third kappa shape index (κ3) is 5.50. The largest absolute Gasteiger partial charge is 0.373 e. The molecule has 0 aromatic carbocycles. The van der Waals surface area contributed by atoms with Crippen molar-refractivity contribution in [3.05, 3.63) is 11.4 Å². The molecule has 0 saturated heterocycles. The van der Waals surface area contributed by atoms with Gasteiger partial charge in [0, 0.05) is 31.6 Å². The maximum Gasteiger partial charge on any atom is 0.134 e. The number of rotatable bonds is 9. The standard InChI is InChI=1S/C16H31N5/c1-7-14-19-15(17-5)13(4)16(20-14)18-10-8-9-11-21(6)12(2)3/h12H,7-11H2,1-6H3,(H2,17,18,19,20). The second-order valence-electron chi connectivity index (χ2n) is 5.77. The molecule has 0 spiro atoms. The quantitative estimate of drug-likeness (QED) is 0.686. The summed E-state index contributed by atoms with van der Waals surface area (Å²) in [6.45, 7) is 10.7. The number of nitrogens with one attached hydrogen (secondary N) is 2. The van der Waals surface area contributed by atoms with Crippen molar-refractivity contribution < 1.29 is 0 Å². The zero-order valence-electron chi connectivity index (χ0n) is 14.5. The predicted molar refractivity (Wildman–Crippen MR) is 91.2 cm³/mol. The first-order valence-electron chi connectivity index (χ1n) is 7.98. The van der Waals surface area contributed by atoms with Crippen LogP contribution in [0.3, 0.4) is 0 Å². The second-order valence-corrected chi connectivity index (χ2v) is 5.77. The van der Waals surface area contributed by atoms with Crippen molar-refractivity contribution in [3.8, 4) is 0 Å². The van der Waals surface area contributed by atoms with Gasteiger partial charge in [-0.3, -0.25) is 0 Å². The number of nitrogens with zero attached hydrogens (tertiary/aromatic N) is 3. The van der Waals surface area contributed by atoms with Gasteiger partial charge in [0.1, 0.15) is 17.5 Å². The number of aromatic nitrogens is 2. The van der Waals surface area contributed by atoms with E-state index in [0.29, 0.717) is 6.04 Å². The zero-order valence-corrected chi connectivity index (χ0v) is 14.5. The third-order valence-electron chi connectivity index (χ3n) is 3.86. The lowest BCUT2D eigenvalue weighted by Gasteiger charge is -2.20. The molecule has 0 fully saturated rings. The molecule has 0 radical (unpaired) electrons. The van der Waals surface area contributed by atoms with Gasteiger partial charge in [-0.1, -0.05) is 6.92 Å². The normalized spacial score (nSPS) is 11.2. The Morgan fingerprint density at radius 2 is 1.81 bits per heavy atom. The van der Waals surface area contributed by atoms with E-state index in [1.807, 2.05) is 7.05 Å². The van der Waals surface area contributed by atoms with Crippen molar-refractivity contribution >= 4 is 11.6 Å². The van der Waals surface area contributed by atoms with Crippen LogP contribution in [0.1, 0.15) is 45.0 Å². The molecule has 1 aromatic heterocycles. The molecule has 0 aliphatic rings. The first kappa shape index (κ1) is 17.7. The molecule has 5 nitrogen and oxygen atoms in total. The maximum atomic E-state index is 4.59. The van der Waals surface area contributed by atoms with Gasteiger partial charge in [0.15, 0.2) is 0 Å². The van der Waals surface area contributed by atoms with Gasteiger partial charge in [-0.15, -0.1) is 0 Å². The van der Waals surface area contributed by atoms with Crippen molar-refractivity contribution in [2.24, 2.45) is 0 Å². The van der Waals surface area contributed by atoms with Crippen molar-refractivity contribution in [1.29, 1.82) is 0 Å². The van der Waals surface area contributed by atoms with Crippen LogP contribution in [0.2, 0.25) is 0 Å². The number of unbranched alkanes of at least 4 members (excludes halogenated alkanes) is 1. The van der Waals surface area contributed by atoms with Crippen molar-refractivity contribution in [2.75, 3.05) is 37.8 Å². The fraction of sp³-hybridized carbons (Fsp3) is 0.750. The summed E-state index contributed by atoms with van der Waals surface area (Å²) in [7, 11) is 4.08. The van der Waals surface area contributed by atoms with Gasteiger partial charge in [0.05, 0.1) is 0 Å². The van der Waals surface area contributed by atoms with Gasteiger partial charge in [-0.25, -0.2) is 9.97 Å². The predicted octanol–water partition coefficient (Wildman–Crippen LogP) is 2.92. The van der Waals surface area contributed by atoms with E-state index in [1.165, 1.54) is 6.42 Å². The molecule has 21 heavy (non-hydrogen) atoms. The molecule has 2 N–H and O–H groups in total. The van der Waals surface area contributed by atoms with Gasteiger partial charge < -0.3 is 15.5 Å². The zero-order chi connectivity index (χ0) is 15.8. The summed E-state index contributed by atoms with van der Waals surface area (Å²) < 4.78 is 0. The molecule has 1 rings (SSSR count). The second kappa shape index (κ2) is 8.82. The molecule has 0 amide bonds. The van der Waals surface area contributed by atoms with Crippen LogP contribution in [-0.4, -0.2) is 48.1 Å². The molecule has 5 heteroatoms. The van der Waals surface area contributed by atoms with Crippen LogP contribution < -0.4 is 10.6 Å². The van der Waals surface area contributed by atoms with E-state index in [-0.39, 0.29) is 0 Å². The number of aryl methyl sites for hydroxylation is 1. The first-order valence-corrected chi connectivity index (χ1v) is 7.98. The van der Waals surface area contributed by atoms with Gasteiger partial charge in [0.25, 0.3) is 0 Å². The molecule has 1 aromatic rings. The molecule has 0 unspecified atom stereocenters. The summed E-state index contributed by atoms with van der Waals surface area (Å²) in [6, 6.07) is 0.618. The molecule has 0 atom stereocenters. The van der Waals surface area contributed by atoms with Crippen LogP contribution in [0.4, 0.5) is 11.6 Å². The van der Waals surface area contributed by atoms with Crippen LogP contribution in [-0.2, 0) is 6.42 Å². The minimum Gasteiger partial charge on any atom is -0.373 e. The average molecular weight is 293 g/mol. The molecule has 0 aliphatic carbocycles. The summed E-state index contributed by atoms with van der Waals surface area (Å²) in [5, 5.41) is 6.60. The minimum absolute atomic E-state index is 0.618. The molecule has 0 bridgehead atoms. The number of hydrogen-bond acceptors (Lipinski definition) is 5. The fourth-order valence-corrected chi connectivity index (χ4v) is 2.09. The molecule has 1 heterocycles. The Morgan fingerprint density at radius 3 is 2.38 bits per heavy atom. The van der Waals surface area contributed by atoms with Gasteiger partial charge in [-0.2, -0.15) is 0 Å². The Bertz CT molecular complexity index is 431. The summed E-state index contributed by atoms with van der Waals surface area (Å²) in [6.07, 6.45) is 3.20. The molecule has 0 saturated carbocycles. The minimum atomic E-state index is 0.618. The van der Waals surface area contributed by atoms with E-state index >= 15 is 0 Å². The topological polar surface area (TPSA) is 53.1 Å². The summed E-state index contributed by atoms with van der Waals surface area (Å²) in [4.78, 5) is 11.5. The van der Waals surface area contributed by atoms with Crippen LogP contribution in [0.15, 0.2) is 0 Å². The highest BCUT2D eigenvalue weighted by molar-refractivity contribution is 5.56. The highest BCUT2D eigenvalue weighted by atomic mass is 15.1. The Labute approximate surface area is 129 Å². The van der Waals surface area contributed by atoms with E-state index in [4.69, 9.17) is 0 Å². The molecule has 0 aliphatic heterocycles. The molecular formula is C16H31N5. The van der Waals surface area contributed by atoms with E-state index in [0.717, 1.165) is 49.0 Å². The van der Waals surface area contributed by atoms with Crippen molar-refractivity contribution in [2.45, 2.75) is 53.0 Å². The lowest BCUT2D eigenvalue weighted by atomic mass is 10.2. The van der Waals surface area contributed by atoms with E-state index in [9.17, 15) is 0 Å². The third-order valence-corrected chi connectivity index (χ3v) is 3.86. The van der Waals surface area contributed by atoms with E-state index in [2.05, 4.69) is 60.2 Å². The van der Waals surface area contributed by atoms with Gasteiger partial charge >= 0.3 is 0 Å². The maximum absolute atomic E-state index is 4.59. The van der Waals surface area contributed by atoms with Crippen LogP contribution in [0, 0.1) is 6.92 Å². The van der Waals surface area contributed by atoms with Crippen LogP contribution >= 0.6 is 0 Å². The highest BCUT2D eigenvalue weighted by Gasteiger charge is 2.08. The van der Waals surface area contributed by atoms with Crippen molar-refractivity contribution in [1.82, 2.24) is 14.9 Å². The summed E-state index contributed by atoms with van der Waals surface area (Å²) in [5.41, 5.74) is 1.09. The average Bonchev–Trinajstić information content (AvgIpc) is 2.47. The van der Waals surface area contributed by atoms with Gasteiger partial charge in [-0.05, 0) is 47.2 Å². The van der Waals surface area contributed by atoms with E-state index < -0.39 is 0 Å². The molecule has 120 valence electrons. The Kier molecular flexibility index (Phi) is 7.43. The first-order chi connectivity index (χ1) is 9.99. The lowest BCUT2D eigenvalue weighted by Crippen LogP contribution is -2.27. The smallest absolute Gasteiger partial charge is 0.134 e. The summed E-state index contributed by atoms with van der Waals surface area (Å²) in [5.74, 6) is 2.76. The van der Waals surface area contributed by atoms with Crippen LogP contribution in [0.25, 0.3) is 0 Å².